The maximum atomic E-state index is 5.47. The largest absolute Gasteiger partial charge is 0.497 e. The van der Waals surface area contributed by atoms with Gasteiger partial charge in [0.15, 0.2) is 5.96 Å². The standard InChI is InChI=1S/C22H37N3O3/c1-5-23-21(25-17-22(13-15-26-2)11-6-7-12-22)24-14-10-18-16-19(27-3)8-9-20(18)28-4/h8-9,16H,5-7,10-15,17H2,1-4H3,(H2,23,24,25). The molecule has 158 valence electrons. The summed E-state index contributed by atoms with van der Waals surface area (Å²) in [6, 6.07) is 5.90. The van der Waals surface area contributed by atoms with Crippen LogP contribution in [0.1, 0.15) is 44.6 Å². The molecular formula is C22H37N3O3. The lowest BCUT2D eigenvalue weighted by molar-refractivity contribution is 0.141. The third-order valence-corrected chi connectivity index (χ3v) is 5.59. The Morgan fingerprint density at radius 1 is 1.11 bits per heavy atom. The number of ether oxygens (including phenoxy) is 3. The van der Waals surface area contributed by atoms with Crippen LogP contribution >= 0.6 is 0 Å². The Morgan fingerprint density at radius 3 is 2.54 bits per heavy atom. The normalized spacial score (nSPS) is 16.1. The second kappa shape index (κ2) is 11.8. The second-order valence-corrected chi connectivity index (χ2v) is 7.50. The van der Waals surface area contributed by atoms with Crippen LogP contribution in [0.2, 0.25) is 0 Å². The van der Waals surface area contributed by atoms with Crippen molar-refractivity contribution in [2.75, 3.05) is 47.6 Å². The smallest absolute Gasteiger partial charge is 0.191 e. The molecule has 6 nitrogen and oxygen atoms in total. The summed E-state index contributed by atoms with van der Waals surface area (Å²) in [5.74, 6) is 2.61. The van der Waals surface area contributed by atoms with Crippen LogP contribution in [0.5, 0.6) is 11.5 Å². The molecule has 0 heterocycles. The van der Waals surface area contributed by atoms with Gasteiger partial charge >= 0.3 is 0 Å². The van der Waals surface area contributed by atoms with Gasteiger partial charge in [-0.25, -0.2) is 0 Å². The fourth-order valence-electron chi connectivity index (χ4n) is 3.91. The van der Waals surface area contributed by atoms with E-state index in [4.69, 9.17) is 19.2 Å². The molecule has 1 aliphatic rings. The summed E-state index contributed by atoms with van der Waals surface area (Å²) in [5.41, 5.74) is 1.42. The molecule has 0 saturated heterocycles. The van der Waals surface area contributed by atoms with Crippen molar-refractivity contribution in [1.82, 2.24) is 10.6 Å². The van der Waals surface area contributed by atoms with Crippen molar-refractivity contribution in [3.05, 3.63) is 23.8 Å². The molecule has 1 aromatic rings. The lowest BCUT2D eigenvalue weighted by atomic mass is 9.83. The van der Waals surface area contributed by atoms with E-state index in [1.165, 1.54) is 25.7 Å². The van der Waals surface area contributed by atoms with E-state index in [0.29, 0.717) is 5.41 Å². The summed E-state index contributed by atoms with van der Waals surface area (Å²) in [5, 5.41) is 6.84. The predicted molar refractivity (Wildman–Crippen MR) is 115 cm³/mol. The summed E-state index contributed by atoms with van der Waals surface area (Å²) in [6.45, 7) is 5.39. The third kappa shape index (κ3) is 6.59. The van der Waals surface area contributed by atoms with Crippen LogP contribution in [-0.4, -0.2) is 53.5 Å². The highest BCUT2D eigenvalue weighted by molar-refractivity contribution is 5.79. The molecule has 1 saturated carbocycles. The molecule has 0 bridgehead atoms. The summed E-state index contributed by atoms with van der Waals surface area (Å²) >= 11 is 0. The van der Waals surface area contributed by atoms with E-state index in [-0.39, 0.29) is 0 Å². The van der Waals surface area contributed by atoms with Crippen molar-refractivity contribution in [2.45, 2.75) is 45.4 Å². The summed E-state index contributed by atoms with van der Waals surface area (Å²) < 4.78 is 16.1. The first kappa shape index (κ1) is 22.3. The zero-order valence-corrected chi connectivity index (χ0v) is 18.0. The van der Waals surface area contributed by atoms with Crippen LogP contribution in [0.15, 0.2) is 23.2 Å². The molecular weight excluding hydrogens is 354 g/mol. The van der Waals surface area contributed by atoms with Crippen LogP contribution in [0.25, 0.3) is 0 Å². The van der Waals surface area contributed by atoms with Crippen molar-refractivity contribution >= 4 is 5.96 Å². The molecule has 0 aliphatic heterocycles. The number of nitrogens with one attached hydrogen (secondary N) is 2. The Balaban J connectivity index is 1.96. The first-order valence-electron chi connectivity index (χ1n) is 10.4. The second-order valence-electron chi connectivity index (χ2n) is 7.50. The first-order chi connectivity index (χ1) is 13.7. The van der Waals surface area contributed by atoms with Crippen LogP contribution in [-0.2, 0) is 11.2 Å². The zero-order chi connectivity index (χ0) is 20.2. The van der Waals surface area contributed by atoms with E-state index in [1.807, 2.05) is 18.2 Å². The van der Waals surface area contributed by atoms with Gasteiger partial charge in [-0.15, -0.1) is 0 Å². The number of aliphatic imine (C=N–C) groups is 1. The molecule has 1 fully saturated rings. The van der Waals surface area contributed by atoms with Crippen LogP contribution < -0.4 is 20.1 Å². The molecule has 0 aromatic heterocycles. The molecule has 0 radical (unpaired) electrons. The Labute approximate surface area is 170 Å². The Hall–Kier alpha value is -1.95. The maximum absolute atomic E-state index is 5.47. The van der Waals surface area contributed by atoms with Gasteiger partial charge in [-0.1, -0.05) is 12.8 Å². The van der Waals surface area contributed by atoms with Crippen molar-refractivity contribution < 1.29 is 14.2 Å². The molecule has 1 aliphatic carbocycles. The number of rotatable bonds is 11. The summed E-state index contributed by atoms with van der Waals surface area (Å²) in [7, 11) is 5.16. The Bertz CT molecular complexity index is 613. The van der Waals surface area contributed by atoms with Gasteiger partial charge in [-0.3, -0.25) is 4.99 Å². The van der Waals surface area contributed by atoms with Gasteiger partial charge in [0.2, 0.25) is 0 Å². The molecule has 0 unspecified atom stereocenters. The predicted octanol–water partition coefficient (Wildman–Crippen LogP) is 3.40. The SMILES string of the molecule is CCNC(=NCC1(CCOC)CCCC1)NCCc1cc(OC)ccc1OC. The van der Waals surface area contributed by atoms with Crippen molar-refractivity contribution in [2.24, 2.45) is 10.4 Å². The van der Waals surface area contributed by atoms with Crippen molar-refractivity contribution in [3.8, 4) is 11.5 Å². The molecule has 28 heavy (non-hydrogen) atoms. The number of guanidine groups is 1. The Morgan fingerprint density at radius 2 is 1.89 bits per heavy atom. The van der Waals surface area contributed by atoms with E-state index in [9.17, 15) is 0 Å². The number of nitrogens with zero attached hydrogens (tertiary/aromatic N) is 1. The highest BCUT2D eigenvalue weighted by Gasteiger charge is 2.33. The lowest BCUT2D eigenvalue weighted by Gasteiger charge is -2.27. The van der Waals surface area contributed by atoms with E-state index >= 15 is 0 Å². The quantitative estimate of drug-likeness (QED) is 0.447. The van der Waals surface area contributed by atoms with Gasteiger partial charge in [0.25, 0.3) is 0 Å². The van der Waals surface area contributed by atoms with Gasteiger partial charge in [0.05, 0.1) is 14.2 Å². The monoisotopic (exact) mass is 391 g/mol. The third-order valence-electron chi connectivity index (χ3n) is 5.59. The fourth-order valence-corrected chi connectivity index (χ4v) is 3.91. The summed E-state index contributed by atoms with van der Waals surface area (Å²) in [6.07, 6.45) is 7.03. The molecule has 0 spiro atoms. The molecule has 2 N–H and O–H groups in total. The topological polar surface area (TPSA) is 64.1 Å². The van der Waals surface area contributed by atoms with Crippen LogP contribution in [0, 0.1) is 5.41 Å². The minimum absolute atomic E-state index is 0.300. The van der Waals surface area contributed by atoms with Gasteiger partial charge in [0.1, 0.15) is 11.5 Å². The molecule has 0 atom stereocenters. The number of hydrogen-bond donors (Lipinski definition) is 2. The number of benzene rings is 1. The zero-order valence-electron chi connectivity index (χ0n) is 18.0. The highest BCUT2D eigenvalue weighted by Crippen LogP contribution is 2.41. The van der Waals surface area contributed by atoms with Gasteiger partial charge in [-0.2, -0.15) is 0 Å². The maximum Gasteiger partial charge on any atom is 0.191 e. The average molecular weight is 392 g/mol. The minimum Gasteiger partial charge on any atom is -0.497 e. The Kier molecular flexibility index (Phi) is 9.41. The highest BCUT2D eigenvalue weighted by atomic mass is 16.5. The van der Waals surface area contributed by atoms with Crippen molar-refractivity contribution in [1.29, 1.82) is 0 Å². The molecule has 0 amide bonds. The van der Waals surface area contributed by atoms with Gasteiger partial charge in [-0.05, 0) is 61.8 Å². The number of methoxy groups -OCH3 is 3. The van der Waals surface area contributed by atoms with E-state index < -0.39 is 0 Å². The molecule has 1 aromatic carbocycles. The van der Waals surface area contributed by atoms with Gasteiger partial charge < -0.3 is 24.8 Å². The fraction of sp³-hybridized carbons (Fsp3) is 0.682. The lowest BCUT2D eigenvalue weighted by Crippen LogP contribution is -2.39. The van der Waals surface area contributed by atoms with Crippen LogP contribution in [0.3, 0.4) is 0 Å². The average Bonchev–Trinajstić information content (AvgIpc) is 3.19. The first-order valence-corrected chi connectivity index (χ1v) is 10.4. The van der Waals surface area contributed by atoms with Crippen molar-refractivity contribution in [3.63, 3.8) is 0 Å². The minimum atomic E-state index is 0.300. The molecule has 2 rings (SSSR count). The van der Waals surface area contributed by atoms with E-state index in [1.54, 1.807) is 21.3 Å². The summed E-state index contributed by atoms with van der Waals surface area (Å²) in [4.78, 5) is 4.91. The van der Waals surface area contributed by atoms with Gasteiger partial charge in [0, 0.05) is 33.4 Å². The molecule has 6 heteroatoms. The van der Waals surface area contributed by atoms with E-state index in [0.717, 1.165) is 62.1 Å². The number of hydrogen-bond acceptors (Lipinski definition) is 4. The van der Waals surface area contributed by atoms with E-state index in [2.05, 4.69) is 17.6 Å². The van der Waals surface area contributed by atoms with Crippen LogP contribution in [0.4, 0.5) is 0 Å².